The number of hydrogen-bond acceptors (Lipinski definition) is 4. The summed E-state index contributed by atoms with van der Waals surface area (Å²) in [7, 11) is -3.25. The summed E-state index contributed by atoms with van der Waals surface area (Å²) in [6, 6.07) is 14.9. The molecule has 0 aromatic heterocycles. The van der Waals surface area contributed by atoms with Crippen LogP contribution in [-0.2, 0) is 9.84 Å². The van der Waals surface area contributed by atoms with Gasteiger partial charge >= 0.3 is 0 Å². The molecule has 0 radical (unpaired) electrons. The maximum Gasteiger partial charge on any atom is 0.231 e. The smallest absolute Gasteiger partial charge is 0.231 e. The predicted molar refractivity (Wildman–Crippen MR) is 111 cm³/mol. The van der Waals surface area contributed by atoms with Gasteiger partial charge < -0.3 is 9.47 Å². The van der Waals surface area contributed by atoms with Gasteiger partial charge in [-0.05, 0) is 83.6 Å². The number of aryl methyl sites for hydroxylation is 2. The highest BCUT2D eigenvalue weighted by molar-refractivity contribution is 7.90. The molecular formula is C22H19ClO4S. The van der Waals surface area contributed by atoms with E-state index in [1.807, 2.05) is 50.2 Å². The molecule has 3 aromatic rings. The van der Waals surface area contributed by atoms with Gasteiger partial charge in [0, 0.05) is 11.3 Å². The fraction of sp³-hybridized carbons (Fsp3) is 0.182. The van der Waals surface area contributed by atoms with Crippen molar-refractivity contribution in [1.82, 2.24) is 0 Å². The largest absolute Gasteiger partial charge is 0.454 e. The molecule has 0 saturated carbocycles. The number of fused-ring (bicyclic) bond motifs is 1. The molecule has 0 unspecified atom stereocenters. The van der Waals surface area contributed by atoms with Crippen molar-refractivity contribution < 1.29 is 17.9 Å². The second-order valence-electron chi connectivity index (χ2n) is 6.97. The van der Waals surface area contributed by atoms with E-state index >= 15 is 0 Å². The van der Waals surface area contributed by atoms with Gasteiger partial charge in [0.2, 0.25) is 6.79 Å². The Balaban J connectivity index is 1.92. The van der Waals surface area contributed by atoms with Crippen LogP contribution in [0.15, 0.2) is 53.4 Å². The first-order valence-corrected chi connectivity index (χ1v) is 11.0. The van der Waals surface area contributed by atoms with Crippen LogP contribution >= 0.6 is 11.6 Å². The molecule has 4 rings (SSSR count). The summed E-state index contributed by atoms with van der Waals surface area (Å²) in [6.45, 7) is 4.14. The average Bonchev–Trinajstić information content (AvgIpc) is 3.11. The summed E-state index contributed by atoms with van der Waals surface area (Å²) >= 11 is 6.35. The Bertz CT molecular complexity index is 1160. The molecule has 0 bridgehead atoms. The van der Waals surface area contributed by atoms with Gasteiger partial charge in [0.05, 0.1) is 4.90 Å². The third kappa shape index (κ3) is 3.36. The summed E-state index contributed by atoms with van der Waals surface area (Å²) < 4.78 is 34.7. The highest BCUT2D eigenvalue weighted by atomic mass is 35.5. The number of ether oxygens (including phenoxy) is 2. The molecule has 0 aliphatic carbocycles. The monoisotopic (exact) mass is 414 g/mol. The Kier molecular flexibility index (Phi) is 4.60. The van der Waals surface area contributed by atoms with Gasteiger partial charge in [-0.15, -0.1) is 0 Å². The van der Waals surface area contributed by atoms with Crippen molar-refractivity contribution in [3.63, 3.8) is 0 Å². The van der Waals surface area contributed by atoms with E-state index < -0.39 is 9.84 Å². The van der Waals surface area contributed by atoms with Crippen LogP contribution < -0.4 is 9.47 Å². The van der Waals surface area contributed by atoms with E-state index in [2.05, 4.69) is 0 Å². The molecule has 0 spiro atoms. The summed E-state index contributed by atoms with van der Waals surface area (Å²) in [5.41, 5.74) is 5.80. The lowest BCUT2D eigenvalue weighted by Crippen LogP contribution is -1.96. The summed E-state index contributed by atoms with van der Waals surface area (Å²) in [6.07, 6.45) is 1.20. The number of benzene rings is 3. The molecule has 0 atom stereocenters. The number of sulfone groups is 1. The lowest BCUT2D eigenvalue weighted by Gasteiger charge is -2.14. The Morgan fingerprint density at radius 2 is 1.32 bits per heavy atom. The molecule has 1 aliphatic rings. The lowest BCUT2D eigenvalue weighted by molar-refractivity contribution is 0.174. The summed E-state index contributed by atoms with van der Waals surface area (Å²) in [5, 5.41) is 0.753. The molecule has 0 amide bonds. The molecule has 28 heavy (non-hydrogen) atoms. The minimum Gasteiger partial charge on any atom is -0.454 e. The van der Waals surface area contributed by atoms with Crippen molar-refractivity contribution in [1.29, 1.82) is 0 Å². The molecule has 0 saturated heterocycles. The quantitative estimate of drug-likeness (QED) is 0.574. The van der Waals surface area contributed by atoms with Gasteiger partial charge in [-0.25, -0.2) is 8.42 Å². The van der Waals surface area contributed by atoms with Crippen molar-refractivity contribution in [3.8, 4) is 33.8 Å². The number of halogens is 1. The third-order valence-corrected chi connectivity index (χ3v) is 6.58. The Morgan fingerprint density at radius 3 is 1.82 bits per heavy atom. The van der Waals surface area contributed by atoms with Crippen LogP contribution in [0.3, 0.4) is 0 Å². The minimum absolute atomic E-state index is 0.184. The average molecular weight is 415 g/mol. The second-order valence-corrected chi connectivity index (χ2v) is 9.37. The minimum atomic E-state index is -3.25. The highest BCUT2D eigenvalue weighted by Gasteiger charge is 2.20. The fourth-order valence-electron chi connectivity index (χ4n) is 3.40. The first-order valence-electron chi connectivity index (χ1n) is 8.75. The maximum absolute atomic E-state index is 11.8. The zero-order chi connectivity index (χ0) is 20.1. The van der Waals surface area contributed by atoms with Crippen molar-refractivity contribution in [3.05, 3.63) is 64.7 Å². The number of hydrogen-bond donors (Lipinski definition) is 0. The third-order valence-electron chi connectivity index (χ3n) is 4.85. The molecule has 0 fully saturated rings. The first-order chi connectivity index (χ1) is 13.2. The fourth-order valence-corrected chi connectivity index (χ4v) is 4.14. The van der Waals surface area contributed by atoms with Crippen molar-refractivity contribution in [2.75, 3.05) is 13.0 Å². The van der Waals surface area contributed by atoms with Crippen LogP contribution in [0, 0.1) is 13.8 Å². The van der Waals surface area contributed by atoms with Crippen molar-refractivity contribution in [2.45, 2.75) is 18.7 Å². The Hall–Kier alpha value is -2.50. The zero-order valence-corrected chi connectivity index (χ0v) is 17.3. The molecule has 4 nitrogen and oxygen atoms in total. The topological polar surface area (TPSA) is 52.6 Å². The molecule has 3 aromatic carbocycles. The molecule has 6 heteroatoms. The molecular weight excluding hydrogens is 396 g/mol. The predicted octanol–water partition coefficient (Wildman–Crippen LogP) is 5.42. The van der Waals surface area contributed by atoms with Gasteiger partial charge in [0.1, 0.15) is 0 Å². The van der Waals surface area contributed by atoms with Crippen molar-refractivity contribution >= 4 is 21.4 Å². The first kappa shape index (κ1) is 18.8. The molecule has 0 N–H and O–H groups in total. The van der Waals surface area contributed by atoms with Gasteiger partial charge in [-0.1, -0.05) is 23.7 Å². The Labute approximate surface area is 169 Å². The zero-order valence-electron chi connectivity index (χ0n) is 15.7. The molecule has 1 heterocycles. The molecule has 1 aliphatic heterocycles. The van der Waals surface area contributed by atoms with Gasteiger partial charge in [-0.2, -0.15) is 0 Å². The van der Waals surface area contributed by atoms with Gasteiger partial charge in [0.25, 0.3) is 0 Å². The SMILES string of the molecule is Cc1cc(-c2cc3c(cc2-c2ccc(S(C)(=O)=O)cc2)OCO3)cc(C)c1Cl. The van der Waals surface area contributed by atoms with Crippen LogP contribution in [0.4, 0.5) is 0 Å². The van der Waals surface area contributed by atoms with E-state index in [1.54, 1.807) is 12.1 Å². The van der Waals surface area contributed by atoms with E-state index in [4.69, 9.17) is 21.1 Å². The van der Waals surface area contributed by atoms with Crippen LogP contribution in [0.25, 0.3) is 22.3 Å². The van der Waals surface area contributed by atoms with E-state index in [-0.39, 0.29) is 11.7 Å². The van der Waals surface area contributed by atoms with Crippen LogP contribution in [0.2, 0.25) is 5.02 Å². The standard InChI is InChI=1S/C22H19ClO4S/c1-13-8-16(9-14(2)22(13)23)19-11-21-20(26-12-27-21)10-18(19)15-4-6-17(7-5-15)28(3,24)25/h4-11H,12H2,1-3H3. The molecule has 144 valence electrons. The second kappa shape index (κ2) is 6.83. The van der Waals surface area contributed by atoms with Gasteiger partial charge in [0.15, 0.2) is 21.3 Å². The highest BCUT2D eigenvalue weighted by Crippen LogP contribution is 2.44. The number of rotatable bonds is 3. The van der Waals surface area contributed by atoms with Crippen LogP contribution in [-0.4, -0.2) is 21.5 Å². The van der Waals surface area contributed by atoms with Gasteiger partial charge in [-0.3, -0.25) is 0 Å². The lowest BCUT2D eigenvalue weighted by atomic mass is 9.92. The van der Waals surface area contributed by atoms with E-state index in [0.29, 0.717) is 11.5 Å². The van der Waals surface area contributed by atoms with Crippen LogP contribution in [0.1, 0.15) is 11.1 Å². The normalized spacial score (nSPS) is 13.0. The van der Waals surface area contributed by atoms with Crippen molar-refractivity contribution in [2.24, 2.45) is 0 Å². The van der Waals surface area contributed by atoms with Crippen LogP contribution in [0.5, 0.6) is 11.5 Å². The summed E-state index contributed by atoms with van der Waals surface area (Å²) in [5.74, 6) is 1.37. The van der Waals surface area contributed by atoms with E-state index in [0.717, 1.165) is 38.4 Å². The maximum atomic E-state index is 11.8. The van der Waals surface area contributed by atoms with E-state index in [1.165, 1.54) is 6.26 Å². The summed E-state index contributed by atoms with van der Waals surface area (Å²) in [4.78, 5) is 0.289. The Morgan fingerprint density at radius 1 is 0.821 bits per heavy atom. The van der Waals surface area contributed by atoms with E-state index in [9.17, 15) is 8.42 Å².